The Morgan fingerprint density at radius 1 is 1.24 bits per heavy atom. The number of likely N-dealkylation sites (N-methyl/N-ethyl adjacent to an activating group) is 1. The maximum atomic E-state index is 13.1. The zero-order chi connectivity index (χ0) is 18.2. The van der Waals surface area contributed by atoms with Gasteiger partial charge in [0.25, 0.3) is 5.91 Å². The Morgan fingerprint density at radius 3 is 2.68 bits per heavy atom. The molecule has 2 aliphatic rings. The Labute approximate surface area is 145 Å². The van der Waals surface area contributed by atoms with Gasteiger partial charge in [0.2, 0.25) is 0 Å². The predicted octanol–water partition coefficient (Wildman–Crippen LogP) is 2.95. The maximum Gasteiger partial charge on any atom is 0.416 e. The average Bonchev–Trinajstić information content (AvgIpc) is 2.53. The molecule has 1 aromatic rings. The number of carbonyl (C=O) groups is 1. The molecule has 138 valence electrons. The molecule has 3 rings (SSSR count). The van der Waals surface area contributed by atoms with Gasteiger partial charge in [-0.1, -0.05) is 6.07 Å². The molecule has 1 unspecified atom stereocenters. The first kappa shape index (κ1) is 18.2. The Balaban J connectivity index is 1.81. The second kappa shape index (κ2) is 6.61. The highest BCUT2D eigenvalue weighted by Crippen LogP contribution is 2.33. The number of aryl methyl sites for hydroxylation is 1. The van der Waals surface area contributed by atoms with E-state index in [0.717, 1.165) is 32.0 Å². The smallest absolute Gasteiger partial charge is 0.370 e. The molecule has 2 fully saturated rings. The lowest BCUT2D eigenvalue weighted by atomic mass is 9.90. The van der Waals surface area contributed by atoms with E-state index in [-0.39, 0.29) is 17.0 Å². The number of halogens is 3. The van der Waals surface area contributed by atoms with Gasteiger partial charge in [0.15, 0.2) is 0 Å². The van der Waals surface area contributed by atoms with Gasteiger partial charge in [0.05, 0.1) is 24.3 Å². The monoisotopic (exact) mass is 356 g/mol. The number of hydrogen-bond donors (Lipinski definition) is 0. The van der Waals surface area contributed by atoms with Crippen molar-refractivity contribution in [1.82, 2.24) is 9.80 Å². The van der Waals surface area contributed by atoms with Crippen molar-refractivity contribution < 1.29 is 22.7 Å². The van der Waals surface area contributed by atoms with Gasteiger partial charge in [0.1, 0.15) is 0 Å². The Kier molecular flexibility index (Phi) is 4.81. The van der Waals surface area contributed by atoms with Crippen molar-refractivity contribution in [2.24, 2.45) is 0 Å². The third-order valence-electron chi connectivity index (χ3n) is 5.06. The fourth-order valence-electron chi connectivity index (χ4n) is 3.80. The average molecular weight is 356 g/mol. The number of alkyl halides is 3. The molecule has 0 saturated carbocycles. The molecule has 0 radical (unpaired) electrons. The molecule has 0 aliphatic carbocycles. The highest BCUT2D eigenvalue weighted by Gasteiger charge is 2.41. The van der Waals surface area contributed by atoms with E-state index >= 15 is 0 Å². The van der Waals surface area contributed by atoms with E-state index in [1.165, 1.54) is 19.1 Å². The van der Waals surface area contributed by atoms with E-state index in [1.807, 2.05) is 7.05 Å². The van der Waals surface area contributed by atoms with Crippen LogP contribution in [0.25, 0.3) is 0 Å². The molecule has 4 nitrogen and oxygen atoms in total. The molecular weight excluding hydrogens is 333 g/mol. The second-order valence-electron chi connectivity index (χ2n) is 7.13. The first-order valence-electron chi connectivity index (χ1n) is 8.50. The van der Waals surface area contributed by atoms with Crippen LogP contribution in [-0.2, 0) is 10.9 Å². The normalized spacial score (nSPS) is 25.4. The van der Waals surface area contributed by atoms with Crippen LogP contribution < -0.4 is 0 Å². The van der Waals surface area contributed by atoms with Crippen molar-refractivity contribution in [3.63, 3.8) is 0 Å². The fraction of sp³-hybridized carbons (Fsp3) is 0.611. The third-order valence-corrected chi connectivity index (χ3v) is 5.06. The van der Waals surface area contributed by atoms with E-state index in [1.54, 1.807) is 4.90 Å². The van der Waals surface area contributed by atoms with Crippen LogP contribution >= 0.6 is 0 Å². The molecule has 7 heteroatoms. The zero-order valence-electron chi connectivity index (χ0n) is 14.5. The quantitative estimate of drug-likeness (QED) is 0.776. The molecule has 1 spiro atoms. The molecule has 0 bridgehead atoms. The van der Waals surface area contributed by atoms with E-state index in [2.05, 4.69) is 4.90 Å². The highest BCUT2D eigenvalue weighted by molar-refractivity contribution is 5.94. The summed E-state index contributed by atoms with van der Waals surface area (Å²) in [5.74, 6) is -0.360. The van der Waals surface area contributed by atoms with E-state index in [4.69, 9.17) is 4.74 Å². The van der Waals surface area contributed by atoms with Gasteiger partial charge in [0, 0.05) is 25.2 Å². The zero-order valence-corrected chi connectivity index (χ0v) is 14.5. The summed E-state index contributed by atoms with van der Waals surface area (Å²) in [4.78, 5) is 16.6. The lowest BCUT2D eigenvalue weighted by molar-refractivity contribution is -0.138. The Hall–Kier alpha value is -1.60. The van der Waals surface area contributed by atoms with Gasteiger partial charge >= 0.3 is 6.18 Å². The number of benzene rings is 1. The summed E-state index contributed by atoms with van der Waals surface area (Å²) in [6.07, 6.45) is -2.81. The van der Waals surface area contributed by atoms with Crippen LogP contribution in [0.15, 0.2) is 18.2 Å². The molecule has 2 aliphatic heterocycles. The molecular formula is C18H23F3N2O2. The van der Waals surface area contributed by atoms with Crippen molar-refractivity contribution in [3.8, 4) is 0 Å². The summed E-state index contributed by atoms with van der Waals surface area (Å²) in [6, 6.07) is 3.80. The van der Waals surface area contributed by atoms with E-state index < -0.39 is 17.3 Å². The number of rotatable bonds is 1. The van der Waals surface area contributed by atoms with Gasteiger partial charge in [-0.25, -0.2) is 0 Å². The molecule has 1 aromatic carbocycles. The highest BCUT2D eigenvalue weighted by atomic mass is 19.4. The minimum atomic E-state index is -4.46. The summed E-state index contributed by atoms with van der Waals surface area (Å²) in [5, 5.41) is 0. The van der Waals surface area contributed by atoms with Gasteiger partial charge in [-0.05, 0) is 44.5 Å². The van der Waals surface area contributed by atoms with E-state index in [0.29, 0.717) is 19.7 Å². The minimum absolute atomic E-state index is 0.0825. The van der Waals surface area contributed by atoms with Gasteiger partial charge in [-0.2, -0.15) is 13.2 Å². The van der Waals surface area contributed by atoms with Crippen molar-refractivity contribution in [1.29, 1.82) is 0 Å². The lowest BCUT2D eigenvalue weighted by Gasteiger charge is -2.47. The van der Waals surface area contributed by atoms with Crippen LogP contribution in [0.1, 0.15) is 34.3 Å². The molecule has 0 N–H and O–H groups in total. The topological polar surface area (TPSA) is 32.8 Å². The third kappa shape index (κ3) is 3.82. The van der Waals surface area contributed by atoms with Crippen molar-refractivity contribution in [3.05, 3.63) is 34.9 Å². The van der Waals surface area contributed by atoms with Gasteiger partial charge in [-0.3, -0.25) is 4.79 Å². The summed E-state index contributed by atoms with van der Waals surface area (Å²) in [6.45, 7) is 4.56. The summed E-state index contributed by atoms with van der Waals surface area (Å²) >= 11 is 0. The van der Waals surface area contributed by atoms with Gasteiger partial charge < -0.3 is 14.5 Å². The fourth-order valence-corrected chi connectivity index (χ4v) is 3.80. The summed E-state index contributed by atoms with van der Waals surface area (Å²) < 4.78 is 45.3. The number of hydrogen-bond acceptors (Lipinski definition) is 3. The second-order valence-corrected chi connectivity index (χ2v) is 7.13. The number of nitrogens with zero attached hydrogens (tertiary/aromatic N) is 2. The standard InChI is InChI=1S/C18H23F3N2O2/c1-13-4-5-14(10-15(13)18(19,20)21)16(24)23-7-3-6-17(12-23)11-22(2)8-9-25-17/h4-5,10H,3,6-9,11-12H2,1-2H3. The van der Waals surface area contributed by atoms with Crippen molar-refractivity contribution in [2.45, 2.75) is 31.5 Å². The van der Waals surface area contributed by atoms with E-state index in [9.17, 15) is 18.0 Å². The van der Waals surface area contributed by atoms with Gasteiger partial charge in [-0.15, -0.1) is 0 Å². The molecule has 1 atom stereocenters. The molecule has 25 heavy (non-hydrogen) atoms. The lowest BCUT2D eigenvalue weighted by Crippen LogP contribution is -2.59. The molecule has 2 heterocycles. The van der Waals surface area contributed by atoms with Crippen LogP contribution in [0.2, 0.25) is 0 Å². The van der Waals surface area contributed by atoms with Crippen molar-refractivity contribution >= 4 is 5.91 Å². The number of ether oxygens (including phenoxy) is 1. The van der Waals surface area contributed by atoms with Crippen LogP contribution in [0.4, 0.5) is 13.2 Å². The Morgan fingerprint density at radius 2 is 2.00 bits per heavy atom. The summed E-state index contributed by atoms with van der Waals surface area (Å²) in [5.41, 5.74) is -0.951. The van der Waals surface area contributed by atoms with Crippen molar-refractivity contribution in [2.75, 3.05) is 39.8 Å². The largest absolute Gasteiger partial charge is 0.416 e. The van der Waals surface area contributed by atoms with Crippen LogP contribution in [0.5, 0.6) is 0 Å². The van der Waals surface area contributed by atoms with Crippen LogP contribution in [0, 0.1) is 6.92 Å². The summed E-state index contributed by atoms with van der Waals surface area (Å²) in [7, 11) is 2.01. The molecule has 0 aromatic heterocycles. The number of carbonyl (C=O) groups excluding carboxylic acids is 1. The number of piperidine rings is 1. The SMILES string of the molecule is Cc1ccc(C(=O)N2CCCC3(CN(C)CCO3)C2)cc1C(F)(F)F. The minimum Gasteiger partial charge on any atom is -0.370 e. The Bertz CT molecular complexity index is 658. The first-order chi connectivity index (χ1) is 11.7. The van der Waals surface area contributed by atoms with Crippen LogP contribution in [0.3, 0.4) is 0 Å². The predicted molar refractivity (Wildman–Crippen MR) is 87.5 cm³/mol. The van der Waals surface area contributed by atoms with Crippen LogP contribution in [-0.4, -0.2) is 61.1 Å². The molecule has 1 amide bonds. The first-order valence-corrected chi connectivity index (χ1v) is 8.50. The molecule has 2 saturated heterocycles. The number of likely N-dealkylation sites (tertiary alicyclic amines) is 1. The number of amides is 1. The maximum absolute atomic E-state index is 13.1. The number of morpholine rings is 1.